The number of benzene rings is 1. The van der Waals surface area contributed by atoms with Gasteiger partial charge in [-0.2, -0.15) is 0 Å². The lowest BCUT2D eigenvalue weighted by Crippen LogP contribution is -2.28. The van der Waals surface area contributed by atoms with Crippen molar-refractivity contribution < 1.29 is 23.1 Å². The van der Waals surface area contributed by atoms with Crippen LogP contribution in [0.2, 0.25) is 0 Å². The largest absolute Gasteiger partial charge is 0.481 e. The highest BCUT2D eigenvalue weighted by atomic mass is 32.2. The van der Waals surface area contributed by atoms with Crippen LogP contribution >= 0.6 is 11.8 Å². The van der Waals surface area contributed by atoms with Crippen molar-refractivity contribution in [2.75, 3.05) is 26.0 Å². The summed E-state index contributed by atoms with van der Waals surface area (Å²) in [5, 5.41) is 10.7. The quantitative estimate of drug-likeness (QED) is 0.545. The van der Waals surface area contributed by atoms with E-state index in [-0.39, 0.29) is 28.6 Å². The minimum atomic E-state index is -0.493. The zero-order valence-electron chi connectivity index (χ0n) is 13.3. The Bertz CT molecular complexity index is 650. The first-order valence-electron chi connectivity index (χ1n) is 7.22. The van der Waals surface area contributed by atoms with Crippen LogP contribution in [0.5, 0.6) is 5.75 Å². The Kier molecular flexibility index (Phi) is 7.01. The molecule has 0 saturated heterocycles. The van der Waals surface area contributed by atoms with Crippen molar-refractivity contribution in [1.82, 2.24) is 15.5 Å². The van der Waals surface area contributed by atoms with E-state index in [1.54, 1.807) is 14.0 Å². The van der Waals surface area contributed by atoms with Crippen LogP contribution in [0.4, 0.5) is 4.39 Å². The summed E-state index contributed by atoms with van der Waals surface area (Å²) in [6.07, 6.45) is -0.493. The van der Waals surface area contributed by atoms with E-state index in [2.05, 4.69) is 15.5 Å². The molecule has 1 N–H and O–H groups in total. The third kappa shape index (κ3) is 5.82. The maximum absolute atomic E-state index is 12.9. The molecule has 130 valence electrons. The lowest BCUT2D eigenvalue weighted by Gasteiger charge is -2.10. The summed E-state index contributed by atoms with van der Waals surface area (Å²) in [6.45, 7) is 2.65. The fraction of sp³-hybridized carbons (Fsp3) is 0.400. The Labute approximate surface area is 142 Å². The number of rotatable bonds is 9. The molecule has 0 spiro atoms. The van der Waals surface area contributed by atoms with Gasteiger partial charge in [-0.25, -0.2) is 4.39 Å². The van der Waals surface area contributed by atoms with Crippen LogP contribution in [-0.2, 0) is 9.53 Å². The van der Waals surface area contributed by atoms with Crippen LogP contribution in [0.3, 0.4) is 0 Å². The minimum absolute atomic E-state index is 0.146. The van der Waals surface area contributed by atoms with E-state index in [4.69, 9.17) is 13.9 Å². The van der Waals surface area contributed by atoms with Gasteiger partial charge in [-0.3, -0.25) is 4.79 Å². The van der Waals surface area contributed by atoms with Crippen LogP contribution in [-0.4, -0.2) is 42.1 Å². The lowest BCUT2D eigenvalue weighted by molar-refractivity contribution is -0.118. The maximum Gasteiger partial charge on any atom is 0.277 e. The average molecular weight is 355 g/mol. The highest BCUT2D eigenvalue weighted by Gasteiger charge is 2.16. The normalized spacial score (nSPS) is 12.0. The van der Waals surface area contributed by atoms with E-state index >= 15 is 0 Å². The molecular formula is C15H18FN3O4S. The SMILES string of the molecule is COCCNC(=O)CSc1nnc([C@@H](C)Oc2ccc(F)cc2)o1. The van der Waals surface area contributed by atoms with Crippen molar-refractivity contribution in [3.05, 3.63) is 36.0 Å². The molecular weight excluding hydrogens is 337 g/mol. The fourth-order valence-electron chi connectivity index (χ4n) is 1.68. The summed E-state index contributed by atoms with van der Waals surface area (Å²) >= 11 is 1.13. The Morgan fingerprint density at radius 1 is 1.38 bits per heavy atom. The Balaban J connectivity index is 1.81. The Hall–Kier alpha value is -2.13. The molecule has 9 heteroatoms. The number of ether oxygens (including phenoxy) is 2. The van der Waals surface area contributed by atoms with Gasteiger partial charge < -0.3 is 19.2 Å². The highest BCUT2D eigenvalue weighted by molar-refractivity contribution is 7.99. The smallest absolute Gasteiger partial charge is 0.277 e. The molecule has 1 aromatic carbocycles. The van der Waals surface area contributed by atoms with Gasteiger partial charge in [-0.15, -0.1) is 10.2 Å². The molecule has 24 heavy (non-hydrogen) atoms. The van der Waals surface area contributed by atoms with Crippen LogP contribution in [0.1, 0.15) is 18.9 Å². The van der Waals surface area contributed by atoms with E-state index < -0.39 is 6.10 Å². The Morgan fingerprint density at radius 3 is 2.83 bits per heavy atom. The standard InChI is InChI=1S/C15H18FN3O4S/c1-10(22-12-5-3-11(16)4-6-12)14-18-19-15(23-14)24-9-13(20)17-7-8-21-2/h3-6,10H,7-9H2,1-2H3,(H,17,20)/t10-/m1/s1. The number of thioether (sulfide) groups is 1. The van der Waals surface area contributed by atoms with E-state index in [1.807, 2.05) is 0 Å². The number of carbonyl (C=O) groups is 1. The monoisotopic (exact) mass is 355 g/mol. The lowest BCUT2D eigenvalue weighted by atomic mass is 10.3. The molecule has 0 aliphatic rings. The summed E-state index contributed by atoms with van der Waals surface area (Å²) in [5.41, 5.74) is 0. The van der Waals surface area contributed by atoms with E-state index in [1.165, 1.54) is 24.3 Å². The summed E-state index contributed by atoms with van der Waals surface area (Å²) in [4.78, 5) is 11.6. The first-order chi connectivity index (χ1) is 11.6. The molecule has 1 amide bonds. The summed E-state index contributed by atoms with van der Waals surface area (Å²) in [7, 11) is 1.57. The number of amides is 1. The van der Waals surface area contributed by atoms with E-state index in [0.29, 0.717) is 18.9 Å². The molecule has 0 aliphatic carbocycles. The number of nitrogens with zero attached hydrogens (tertiary/aromatic N) is 2. The van der Waals surface area contributed by atoms with Gasteiger partial charge in [0.1, 0.15) is 11.6 Å². The molecule has 0 fully saturated rings. The van der Waals surface area contributed by atoms with Gasteiger partial charge in [0, 0.05) is 13.7 Å². The molecule has 1 aromatic heterocycles. The van der Waals surface area contributed by atoms with E-state index in [9.17, 15) is 9.18 Å². The molecule has 2 rings (SSSR count). The number of nitrogens with one attached hydrogen (secondary N) is 1. The molecule has 0 unspecified atom stereocenters. The van der Waals surface area contributed by atoms with Gasteiger partial charge in [-0.05, 0) is 31.2 Å². The number of aromatic nitrogens is 2. The molecule has 7 nitrogen and oxygen atoms in total. The average Bonchev–Trinajstić information content (AvgIpc) is 3.04. The maximum atomic E-state index is 12.9. The van der Waals surface area contributed by atoms with Crippen LogP contribution in [0, 0.1) is 5.82 Å². The van der Waals surface area contributed by atoms with Gasteiger partial charge in [0.2, 0.25) is 5.91 Å². The topological polar surface area (TPSA) is 86.5 Å². The summed E-state index contributed by atoms with van der Waals surface area (Å²) in [6, 6.07) is 5.64. The molecule has 0 bridgehead atoms. The third-order valence-electron chi connectivity index (χ3n) is 2.85. The molecule has 1 heterocycles. The van der Waals surface area contributed by atoms with Crippen LogP contribution in [0.25, 0.3) is 0 Å². The number of hydrogen-bond acceptors (Lipinski definition) is 7. The van der Waals surface area contributed by atoms with Crippen LogP contribution in [0.15, 0.2) is 33.9 Å². The molecule has 0 saturated carbocycles. The van der Waals surface area contributed by atoms with Crippen molar-refractivity contribution >= 4 is 17.7 Å². The second-order valence-corrected chi connectivity index (χ2v) is 5.68. The number of halogens is 1. The van der Waals surface area contributed by atoms with E-state index in [0.717, 1.165) is 11.8 Å². The van der Waals surface area contributed by atoms with Gasteiger partial charge in [0.05, 0.1) is 12.4 Å². The van der Waals surface area contributed by atoms with Crippen molar-refractivity contribution in [3.8, 4) is 5.75 Å². The van der Waals surface area contributed by atoms with Crippen LogP contribution < -0.4 is 10.1 Å². The number of carbonyl (C=O) groups excluding carboxylic acids is 1. The summed E-state index contributed by atoms with van der Waals surface area (Å²) in [5.74, 6) is 0.455. The third-order valence-corrected chi connectivity index (χ3v) is 3.67. The van der Waals surface area contributed by atoms with Gasteiger partial charge in [0.25, 0.3) is 11.1 Å². The first-order valence-corrected chi connectivity index (χ1v) is 8.21. The fourth-order valence-corrected chi connectivity index (χ4v) is 2.28. The molecule has 2 aromatic rings. The second kappa shape index (κ2) is 9.24. The molecule has 0 radical (unpaired) electrons. The first kappa shape index (κ1) is 18.2. The molecule has 1 atom stereocenters. The van der Waals surface area contributed by atoms with Crippen molar-refractivity contribution in [1.29, 1.82) is 0 Å². The summed E-state index contributed by atoms with van der Waals surface area (Å²) < 4.78 is 28.8. The highest BCUT2D eigenvalue weighted by Crippen LogP contribution is 2.23. The Morgan fingerprint density at radius 2 is 2.12 bits per heavy atom. The second-order valence-electron chi connectivity index (χ2n) is 4.75. The van der Waals surface area contributed by atoms with Crippen molar-refractivity contribution in [3.63, 3.8) is 0 Å². The number of hydrogen-bond donors (Lipinski definition) is 1. The minimum Gasteiger partial charge on any atom is -0.481 e. The zero-order valence-corrected chi connectivity index (χ0v) is 14.1. The van der Waals surface area contributed by atoms with Crippen molar-refractivity contribution in [2.45, 2.75) is 18.3 Å². The van der Waals surface area contributed by atoms with Crippen molar-refractivity contribution in [2.24, 2.45) is 0 Å². The van der Waals surface area contributed by atoms with Gasteiger partial charge in [-0.1, -0.05) is 11.8 Å². The zero-order chi connectivity index (χ0) is 17.4. The molecule has 0 aliphatic heterocycles. The number of methoxy groups -OCH3 is 1. The predicted molar refractivity (Wildman–Crippen MR) is 85.4 cm³/mol. The van der Waals surface area contributed by atoms with Gasteiger partial charge >= 0.3 is 0 Å². The predicted octanol–water partition coefficient (Wildman–Crippen LogP) is 2.20. The van der Waals surface area contributed by atoms with Gasteiger partial charge in [0.15, 0.2) is 6.10 Å².